The number of nitrogens with one attached hydrogen (secondary N) is 1. The Morgan fingerprint density at radius 1 is 1.37 bits per heavy atom. The first-order valence-corrected chi connectivity index (χ1v) is 6.03. The van der Waals surface area contributed by atoms with Gasteiger partial charge in [0.2, 0.25) is 5.76 Å². The zero-order valence-electron chi connectivity index (χ0n) is 11.2. The molecule has 0 aliphatic rings. The van der Waals surface area contributed by atoms with Crippen LogP contribution in [0.15, 0.2) is 28.7 Å². The van der Waals surface area contributed by atoms with Crippen LogP contribution in [0.4, 0.5) is 0 Å². The lowest BCUT2D eigenvalue weighted by Crippen LogP contribution is -2.29. The first-order chi connectivity index (χ1) is 8.88. The molecule has 0 saturated heterocycles. The van der Waals surface area contributed by atoms with Crippen LogP contribution in [0, 0.1) is 0 Å². The van der Waals surface area contributed by atoms with Crippen molar-refractivity contribution in [1.82, 2.24) is 5.48 Å². The Morgan fingerprint density at radius 3 is 2.68 bits per heavy atom. The van der Waals surface area contributed by atoms with Crippen LogP contribution < -0.4 is 5.48 Å². The van der Waals surface area contributed by atoms with Gasteiger partial charge in [0.1, 0.15) is 5.58 Å². The molecule has 5 heteroatoms. The summed E-state index contributed by atoms with van der Waals surface area (Å²) in [6.45, 7) is 6.00. The summed E-state index contributed by atoms with van der Waals surface area (Å²) < 4.78 is 5.35. The average molecular weight is 263 g/mol. The van der Waals surface area contributed by atoms with Crippen molar-refractivity contribution in [3.8, 4) is 0 Å². The molecule has 1 aromatic carbocycles. The first-order valence-electron chi connectivity index (χ1n) is 6.03. The lowest BCUT2D eigenvalue weighted by Gasteiger charge is -2.19. The van der Waals surface area contributed by atoms with E-state index < -0.39 is 5.97 Å². The maximum atomic E-state index is 11.2. The fourth-order valence-electron chi connectivity index (χ4n) is 1.77. The number of hydrogen-bond acceptors (Lipinski definition) is 4. The van der Waals surface area contributed by atoms with Crippen LogP contribution >= 0.6 is 0 Å². The number of carboxylic acids is 1. The molecule has 102 valence electrons. The van der Waals surface area contributed by atoms with Gasteiger partial charge in [-0.2, -0.15) is 5.48 Å². The van der Waals surface area contributed by atoms with Gasteiger partial charge in [0.05, 0.1) is 12.1 Å². The summed E-state index contributed by atoms with van der Waals surface area (Å²) in [5.74, 6) is -1.13. The van der Waals surface area contributed by atoms with Gasteiger partial charge in [-0.15, -0.1) is 0 Å². The van der Waals surface area contributed by atoms with E-state index in [1.165, 1.54) is 0 Å². The third-order valence-electron chi connectivity index (χ3n) is 2.52. The second-order valence-electron chi connectivity index (χ2n) is 5.25. The molecule has 5 nitrogen and oxygen atoms in total. The summed E-state index contributed by atoms with van der Waals surface area (Å²) in [6, 6.07) is 7.23. The van der Waals surface area contributed by atoms with Gasteiger partial charge in [-0.3, -0.25) is 4.84 Å². The smallest absolute Gasteiger partial charge is 0.372 e. The minimum atomic E-state index is -1.08. The van der Waals surface area contributed by atoms with Crippen LogP contribution in [0.3, 0.4) is 0 Å². The van der Waals surface area contributed by atoms with E-state index in [9.17, 15) is 4.79 Å². The third-order valence-corrected chi connectivity index (χ3v) is 2.52. The highest BCUT2D eigenvalue weighted by molar-refractivity contribution is 5.95. The maximum Gasteiger partial charge on any atom is 0.372 e. The molecule has 0 unspecified atom stereocenters. The SMILES string of the molecule is CC(C)(C)ONCc1c(C(=O)O)oc2ccccc12. The second kappa shape index (κ2) is 5.03. The second-order valence-corrected chi connectivity index (χ2v) is 5.25. The summed E-state index contributed by atoms with van der Waals surface area (Å²) in [6.07, 6.45) is 0. The van der Waals surface area contributed by atoms with E-state index in [0.29, 0.717) is 11.1 Å². The van der Waals surface area contributed by atoms with Crippen molar-refractivity contribution in [2.24, 2.45) is 0 Å². The van der Waals surface area contributed by atoms with Crippen molar-refractivity contribution in [2.75, 3.05) is 0 Å². The Labute approximate surface area is 111 Å². The van der Waals surface area contributed by atoms with Gasteiger partial charge in [-0.25, -0.2) is 4.79 Å². The summed E-state index contributed by atoms with van der Waals surface area (Å²) in [7, 11) is 0. The highest BCUT2D eigenvalue weighted by Gasteiger charge is 2.20. The Kier molecular flexibility index (Phi) is 3.59. The van der Waals surface area contributed by atoms with Gasteiger partial charge in [-0.05, 0) is 26.8 Å². The number of rotatable bonds is 4. The van der Waals surface area contributed by atoms with Gasteiger partial charge in [-0.1, -0.05) is 18.2 Å². The number of benzene rings is 1. The topological polar surface area (TPSA) is 71.7 Å². The summed E-state index contributed by atoms with van der Waals surface area (Å²) in [5.41, 5.74) is 3.60. The van der Waals surface area contributed by atoms with E-state index in [-0.39, 0.29) is 17.9 Å². The van der Waals surface area contributed by atoms with E-state index in [1.54, 1.807) is 12.1 Å². The number of carboxylic acid groups (broad SMARTS) is 1. The maximum absolute atomic E-state index is 11.2. The number of hydrogen-bond donors (Lipinski definition) is 2. The van der Waals surface area contributed by atoms with Gasteiger partial charge < -0.3 is 9.52 Å². The zero-order valence-corrected chi connectivity index (χ0v) is 11.2. The van der Waals surface area contributed by atoms with E-state index >= 15 is 0 Å². The van der Waals surface area contributed by atoms with Crippen LogP contribution in [0.5, 0.6) is 0 Å². The zero-order chi connectivity index (χ0) is 14.0. The minimum absolute atomic E-state index is 0.0498. The minimum Gasteiger partial charge on any atom is -0.475 e. The Bertz CT molecular complexity index is 595. The molecular weight excluding hydrogens is 246 g/mol. The van der Waals surface area contributed by atoms with Crippen LogP contribution in [-0.4, -0.2) is 16.7 Å². The molecule has 2 rings (SSSR count). The largest absolute Gasteiger partial charge is 0.475 e. The van der Waals surface area contributed by atoms with E-state index in [0.717, 1.165) is 5.39 Å². The molecule has 0 amide bonds. The summed E-state index contributed by atoms with van der Waals surface area (Å²) in [4.78, 5) is 16.6. The number of fused-ring (bicyclic) bond motifs is 1. The van der Waals surface area contributed by atoms with E-state index in [4.69, 9.17) is 14.4 Å². The number of carbonyl (C=O) groups is 1. The highest BCUT2D eigenvalue weighted by Crippen LogP contribution is 2.26. The average Bonchev–Trinajstić information content (AvgIpc) is 2.67. The number of aromatic carboxylic acids is 1. The van der Waals surface area contributed by atoms with Gasteiger partial charge in [0, 0.05) is 10.9 Å². The monoisotopic (exact) mass is 263 g/mol. The molecule has 2 aromatic rings. The summed E-state index contributed by atoms with van der Waals surface area (Å²) >= 11 is 0. The van der Waals surface area contributed by atoms with Gasteiger partial charge >= 0.3 is 5.97 Å². The molecule has 0 fully saturated rings. The molecule has 0 aliphatic heterocycles. The van der Waals surface area contributed by atoms with Crippen LogP contribution in [-0.2, 0) is 11.4 Å². The Morgan fingerprint density at radius 2 is 2.05 bits per heavy atom. The standard InChI is InChI=1S/C14H17NO4/c1-14(2,3)19-15-8-10-9-6-4-5-7-11(9)18-12(10)13(16)17/h4-7,15H,8H2,1-3H3,(H,16,17). The molecule has 0 spiro atoms. The van der Waals surface area contributed by atoms with E-state index in [1.807, 2.05) is 32.9 Å². The third kappa shape index (κ3) is 3.13. The van der Waals surface area contributed by atoms with E-state index in [2.05, 4.69) is 5.48 Å². The first kappa shape index (κ1) is 13.6. The lowest BCUT2D eigenvalue weighted by atomic mass is 10.1. The lowest BCUT2D eigenvalue weighted by molar-refractivity contribution is -0.0757. The molecule has 1 heterocycles. The van der Waals surface area contributed by atoms with Crippen molar-refractivity contribution < 1.29 is 19.2 Å². The molecule has 0 atom stereocenters. The predicted octanol–water partition coefficient (Wildman–Crippen LogP) is 2.95. The quantitative estimate of drug-likeness (QED) is 0.830. The Hall–Kier alpha value is -1.85. The molecule has 2 N–H and O–H groups in total. The van der Waals surface area contributed by atoms with Crippen LogP contribution in [0.1, 0.15) is 36.9 Å². The Balaban J connectivity index is 2.29. The molecule has 19 heavy (non-hydrogen) atoms. The van der Waals surface area contributed by atoms with Crippen LogP contribution in [0.25, 0.3) is 11.0 Å². The molecule has 1 aromatic heterocycles. The van der Waals surface area contributed by atoms with Gasteiger partial charge in [0.25, 0.3) is 0 Å². The molecule has 0 aliphatic carbocycles. The number of para-hydroxylation sites is 1. The normalized spacial score (nSPS) is 11.9. The molecular formula is C14H17NO4. The highest BCUT2D eigenvalue weighted by atomic mass is 16.7. The van der Waals surface area contributed by atoms with Crippen molar-refractivity contribution in [1.29, 1.82) is 0 Å². The van der Waals surface area contributed by atoms with Crippen molar-refractivity contribution in [3.63, 3.8) is 0 Å². The number of furan rings is 1. The van der Waals surface area contributed by atoms with Crippen molar-refractivity contribution in [3.05, 3.63) is 35.6 Å². The number of hydroxylamine groups is 1. The fourth-order valence-corrected chi connectivity index (χ4v) is 1.77. The van der Waals surface area contributed by atoms with Gasteiger partial charge in [0.15, 0.2) is 0 Å². The van der Waals surface area contributed by atoms with Crippen LogP contribution in [0.2, 0.25) is 0 Å². The molecule has 0 radical (unpaired) electrons. The van der Waals surface area contributed by atoms with Crippen molar-refractivity contribution >= 4 is 16.9 Å². The summed E-state index contributed by atoms with van der Waals surface area (Å²) in [5, 5.41) is 9.95. The van der Waals surface area contributed by atoms with Crippen molar-refractivity contribution in [2.45, 2.75) is 32.9 Å². The molecule has 0 bridgehead atoms. The predicted molar refractivity (Wildman–Crippen MR) is 70.9 cm³/mol. The molecule has 0 saturated carbocycles. The fraction of sp³-hybridized carbons (Fsp3) is 0.357.